The van der Waals surface area contributed by atoms with Crippen molar-refractivity contribution in [3.05, 3.63) is 11.9 Å². The first kappa shape index (κ1) is 14.7. The third-order valence-corrected chi connectivity index (χ3v) is 2.87. The Kier molecular flexibility index (Phi) is 6.47. The topological polar surface area (TPSA) is 63.8 Å². The van der Waals surface area contributed by atoms with Crippen LogP contribution in [0.15, 0.2) is 6.07 Å². The molecule has 0 amide bonds. The Morgan fingerprint density at radius 1 is 1.17 bits per heavy atom. The molecule has 3 N–H and O–H groups in total. The van der Waals surface area contributed by atoms with Gasteiger partial charge in [0.1, 0.15) is 17.5 Å². The Morgan fingerprint density at radius 2 is 1.89 bits per heavy atom. The van der Waals surface area contributed by atoms with E-state index >= 15 is 0 Å². The van der Waals surface area contributed by atoms with Crippen LogP contribution in [0.2, 0.25) is 0 Å². The van der Waals surface area contributed by atoms with E-state index in [1.165, 1.54) is 32.1 Å². The summed E-state index contributed by atoms with van der Waals surface area (Å²) in [6, 6.07) is 1.78. The summed E-state index contributed by atoms with van der Waals surface area (Å²) in [5, 5.41) is 3.29. The molecule has 0 aliphatic heterocycles. The van der Waals surface area contributed by atoms with Crippen LogP contribution in [-0.2, 0) is 0 Å². The van der Waals surface area contributed by atoms with Crippen molar-refractivity contribution in [2.45, 2.75) is 52.9 Å². The van der Waals surface area contributed by atoms with E-state index in [-0.39, 0.29) is 0 Å². The number of nitrogens with one attached hydrogen (secondary N) is 1. The molecule has 1 aromatic rings. The Balaban J connectivity index is 2.10. The zero-order chi connectivity index (χ0) is 13.4. The van der Waals surface area contributed by atoms with Crippen molar-refractivity contribution in [3.8, 4) is 0 Å². The van der Waals surface area contributed by atoms with Gasteiger partial charge in [0.25, 0.3) is 0 Å². The SMILES string of the molecule is Cc1nc(N)cc(NCCCCCCC(C)C)n1. The van der Waals surface area contributed by atoms with Crippen molar-refractivity contribution in [2.75, 3.05) is 17.6 Å². The lowest BCUT2D eigenvalue weighted by Gasteiger charge is -2.07. The lowest BCUT2D eigenvalue weighted by atomic mass is 10.0. The molecular weight excluding hydrogens is 224 g/mol. The van der Waals surface area contributed by atoms with Gasteiger partial charge in [0.2, 0.25) is 0 Å². The first-order valence-electron chi connectivity index (χ1n) is 6.93. The number of aromatic nitrogens is 2. The van der Waals surface area contributed by atoms with Gasteiger partial charge in [-0.1, -0.05) is 39.5 Å². The van der Waals surface area contributed by atoms with E-state index in [2.05, 4.69) is 29.1 Å². The zero-order valence-electron chi connectivity index (χ0n) is 11.9. The summed E-state index contributed by atoms with van der Waals surface area (Å²) < 4.78 is 0. The molecule has 0 bridgehead atoms. The van der Waals surface area contributed by atoms with E-state index < -0.39 is 0 Å². The summed E-state index contributed by atoms with van der Waals surface area (Å²) in [5.74, 6) is 2.91. The number of nitrogens with zero attached hydrogens (tertiary/aromatic N) is 2. The molecule has 0 aliphatic rings. The second-order valence-corrected chi connectivity index (χ2v) is 5.25. The maximum Gasteiger partial charge on any atom is 0.131 e. The quantitative estimate of drug-likeness (QED) is 0.694. The van der Waals surface area contributed by atoms with Crippen molar-refractivity contribution < 1.29 is 0 Å². The monoisotopic (exact) mass is 250 g/mol. The summed E-state index contributed by atoms with van der Waals surface area (Å²) in [7, 11) is 0. The highest BCUT2D eigenvalue weighted by molar-refractivity contribution is 5.44. The van der Waals surface area contributed by atoms with Gasteiger partial charge in [0.05, 0.1) is 0 Å². The molecule has 0 spiro atoms. The van der Waals surface area contributed by atoms with Crippen LogP contribution in [0.5, 0.6) is 0 Å². The van der Waals surface area contributed by atoms with Crippen LogP contribution in [0.25, 0.3) is 0 Å². The van der Waals surface area contributed by atoms with Gasteiger partial charge in [-0.25, -0.2) is 9.97 Å². The third-order valence-electron chi connectivity index (χ3n) is 2.87. The number of hydrogen-bond acceptors (Lipinski definition) is 4. The highest BCUT2D eigenvalue weighted by Crippen LogP contribution is 2.11. The van der Waals surface area contributed by atoms with Gasteiger partial charge < -0.3 is 11.1 Å². The standard InChI is InChI=1S/C14H26N4/c1-11(2)8-6-4-5-7-9-16-14-10-13(15)17-12(3)18-14/h10-11H,4-9H2,1-3H3,(H3,15,16,17,18). The van der Waals surface area contributed by atoms with Crippen molar-refractivity contribution in [3.63, 3.8) is 0 Å². The molecule has 102 valence electrons. The normalized spacial score (nSPS) is 10.9. The number of nitrogen functional groups attached to an aromatic ring is 1. The highest BCUT2D eigenvalue weighted by atomic mass is 15.0. The fraction of sp³-hybridized carbons (Fsp3) is 0.714. The number of unbranched alkanes of at least 4 members (excludes halogenated alkanes) is 3. The number of anilines is 2. The first-order chi connectivity index (χ1) is 8.58. The molecule has 1 rings (SSSR count). The van der Waals surface area contributed by atoms with Crippen molar-refractivity contribution in [1.82, 2.24) is 9.97 Å². The third kappa shape index (κ3) is 6.42. The Morgan fingerprint density at radius 3 is 2.56 bits per heavy atom. The van der Waals surface area contributed by atoms with E-state index in [0.29, 0.717) is 5.82 Å². The number of nitrogens with two attached hydrogens (primary N) is 1. The highest BCUT2D eigenvalue weighted by Gasteiger charge is 1.98. The second kappa shape index (κ2) is 7.90. The van der Waals surface area contributed by atoms with E-state index in [1.54, 1.807) is 6.07 Å². The van der Waals surface area contributed by atoms with Gasteiger partial charge in [-0.3, -0.25) is 0 Å². The molecule has 0 unspecified atom stereocenters. The van der Waals surface area contributed by atoms with Crippen molar-refractivity contribution in [1.29, 1.82) is 0 Å². The molecule has 0 fully saturated rings. The Bertz CT molecular complexity index is 329. The lowest BCUT2D eigenvalue weighted by molar-refractivity contribution is 0.523. The Hall–Kier alpha value is -1.32. The average Bonchev–Trinajstić information content (AvgIpc) is 2.26. The molecule has 0 aromatic carbocycles. The molecule has 18 heavy (non-hydrogen) atoms. The lowest BCUT2D eigenvalue weighted by Crippen LogP contribution is -2.06. The maximum atomic E-state index is 5.67. The van der Waals surface area contributed by atoms with Gasteiger partial charge in [-0.15, -0.1) is 0 Å². The maximum absolute atomic E-state index is 5.67. The van der Waals surface area contributed by atoms with E-state index in [4.69, 9.17) is 5.73 Å². The van der Waals surface area contributed by atoms with Crippen LogP contribution in [0.4, 0.5) is 11.6 Å². The van der Waals surface area contributed by atoms with Crippen LogP contribution >= 0.6 is 0 Å². The molecule has 0 saturated carbocycles. The second-order valence-electron chi connectivity index (χ2n) is 5.25. The molecule has 4 heteroatoms. The predicted octanol–water partition coefficient (Wildman–Crippen LogP) is 3.39. The molecule has 1 aromatic heterocycles. The van der Waals surface area contributed by atoms with E-state index in [9.17, 15) is 0 Å². The smallest absolute Gasteiger partial charge is 0.131 e. The molecular formula is C14H26N4. The predicted molar refractivity (Wildman–Crippen MR) is 77.6 cm³/mol. The van der Waals surface area contributed by atoms with Crippen LogP contribution in [-0.4, -0.2) is 16.5 Å². The van der Waals surface area contributed by atoms with Gasteiger partial charge in [0, 0.05) is 12.6 Å². The molecule has 0 atom stereocenters. The largest absolute Gasteiger partial charge is 0.384 e. The van der Waals surface area contributed by atoms with Crippen molar-refractivity contribution in [2.24, 2.45) is 5.92 Å². The van der Waals surface area contributed by atoms with Gasteiger partial charge >= 0.3 is 0 Å². The number of hydrogen-bond donors (Lipinski definition) is 2. The fourth-order valence-corrected chi connectivity index (χ4v) is 1.93. The zero-order valence-corrected chi connectivity index (χ0v) is 11.9. The summed E-state index contributed by atoms with van der Waals surface area (Å²) in [6.07, 6.45) is 6.47. The van der Waals surface area contributed by atoms with Crippen LogP contribution in [0.1, 0.15) is 51.8 Å². The minimum absolute atomic E-state index is 0.530. The van der Waals surface area contributed by atoms with Crippen LogP contribution in [0.3, 0.4) is 0 Å². The molecule has 0 aliphatic carbocycles. The minimum atomic E-state index is 0.530. The van der Waals surface area contributed by atoms with Gasteiger partial charge in [-0.05, 0) is 19.3 Å². The summed E-state index contributed by atoms with van der Waals surface area (Å²) >= 11 is 0. The molecule has 0 saturated heterocycles. The Labute approximate surface area is 110 Å². The molecule has 0 radical (unpaired) electrons. The van der Waals surface area contributed by atoms with Gasteiger partial charge in [-0.2, -0.15) is 0 Å². The molecule has 4 nitrogen and oxygen atoms in total. The van der Waals surface area contributed by atoms with Crippen molar-refractivity contribution >= 4 is 11.6 Å². The van der Waals surface area contributed by atoms with E-state index in [1.807, 2.05) is 6.92 Å². The fourth-order valence-electron chi connectivity index (χ4n) is 1.93. The van der Waals surface area contributed by atoms with E-state index in [0.717, 1.165) is 24.1 Å². The minimum Gasteiger partial charge on any atom is -0.384 e. The van der Waals surface area contributed by atoms with Gasteiger partial charge in [0.15, 0.2) is 0 Å². The summed E-state index contributed by atoms with van der Waals surface area (Å²) in [5.41, 5.74) is 5.67. The number of rotatable bonds is 8. The molecule has 1 heterocycles. The van der Waals surface area contributed by atoms with Crippen LogP contribution < -0.4 is 11.1 Å². The summed E-state index contributed by atoms with van der Waals surface area (Å²) in [6.45, 7) is 7.37. The summed E-state index contributed by atoms with van der Waals surface area (Å²) in [4.78, 5) is 8.34. The number of aryl methyl sites for hydroxylation is 1. The van der Waals surface area contributed by atoms with Crippen LogP contribution in [0, 0.1) is 12.8 Å². The average molecular weight is 250 g/mol. The first-order valence-corrected chi connectivity index (χ1v) is 6.93.